The number of benzene rings is 1. The predicted octanol–water partition coefficient (Wildman–Crippen LogP) is 3.15. The molecular formula is C14H15N2O2+. The van der Waals surface area contributed by atoms with Gasteiger partial charge in [0, 0.05) is 6.07 Å². The Kier molecular flexibility index (Phi) is 6.73. The fourth-order valence-electron chi connectivity index (χ4n) is 1.15. The van der Waals surface area contributed by atoms with E-state index in [0.717, 1.165) is 0 Å². The molecule has 0 atom stereocenters. The van der Waals surface area contributed by atoms with Crippen molar-refractivity contribution in [2.45, 2.75) is 6.92 Å². The van der Waals surface area contributed by atoms with E-state index in [1.165, 1.54) is 0 Å². The normalized spacial score (nSPS) is 9.56. The SMILES string of the molecule is C/C=C/COCC#CCOc1ccccc1[N+]#N. The highest BCUT2D eigenvalue weighted by Crippen LogP contribution is 2.26. The first-order chi connectivity index (χ1) is 8.88. The number of hydrogen-bond donors (Lipinski definition) is 0. The summed E-state index contributed by atoms with van der Waals surface area (Å²) in [5, 5.41) is 8.72. The Morgan fingerprint density at radius 1 is 1.28 bits per heavy atom. The zero-order valence-electron chi connectivity index (χ0n) is 10.3. The van der Waals surface area contributed by atoms with Crippen LogP contribution in [0.1, 0.15) is 6.92 Å². The largest absolute Gasteiger partial charge is 0.473 e. The lowest BCUT2D eigenvalue weighted by Crippen LogP contribution is -1.95. The van der Waals surface area contributed by atoms with E-state index in [-0.39, 0.29) is 6.61 Å². The second-order valence-corrected chi connectivity index (χ2v) is 3.29. The first kappa shape index (κ1) is 13.8. The number of nitrogens with zero attached hydrogens (tertiary/aromatic N) is 2. The van der Waals surface area contributed by atoms with Gasteiger partial charge in [0.25, 0.3) is 0 Å². The molecule has 0 saturated heterocycles. The molecule has 92 valence electrons. The molecule has 0 radical (unpaired) electrons. The highest BCUT2D eigenvalue weighted by molar-refractivity contribution is 5.56. The zero-order valence-corrected chi connectivity index (χ0v) is 10.3. The summed E-state index contributed by atoms with van der Waals surface area (Å²) >= 11 is 0. The number of ether oxygens (including phenoxy) is 2. The number of rotatable bonds is 5. The van der Waals surface area contributed by atoms with Gasteiger partial charge in [-0.25, -0.2) is 0 Å². The van der Waals surface area contributed by atoms with Gasteiger partial charge in [-0.2, -0.15) is 0 Å². The molecule has 0 spiro atoms. The molecule has 1 aromatic rings. The lowest BCUT2D eigenvalue weighted by Gasteiger charge is -1.97. The van der Waals surface area contributed by atoms with Gasteiger partial charge in [-0.05, 0) is 13.0 Å². The Morgan fingerprint density at radius 3 is 2.83 bits per heavy atom. The van der Waals surface area contributed by atoms with E-state index in [0.29, 0.717) is 24.7 Å². The van der Waals surface area contributed by atoms with Crippen molar-refractivity contribution in [2.75, 3.05) is 19.8 Å². The molecule has 0 bridgehead atoms. The van der Waals surface area contributed by atoms with Crippen molar-refractivity contribution in [1.29, 1.82) is 5.39 Å². The monoisotopic (exact) mass is 243 g/mol. The van der Waals surface area contributed by atoms with Crippen LogP contribution in [0.5, 0.6) is 5.75 Å². The average Bonchev–Trinajstić information content (AvgIpc) is 2.42. The van der Waals surface area contributed by atoms with E-state index in [9.17, 15) is 0 Å². The summed E-state index contributed by atoms with van der Waals surface area (Å²) in [5.41, 5.74) is 0.392. The number of allylic oxidation sites excluding steroid dienone is 1. The van der Waals surface area contributed by atoms with Crippen molar-refractivity contribution in [3.8, 4) is 17.6 Å². The van der Waals surface area contributed by atoms with Gasteiger partial charge in [0.2, 0.25) is 11.1 Å². The third-order valence-electron chi connectivity index (χ3n) is 2.02. The van der Waals surface area contributed by atoms with E-state index in [1.807, 2.05) is 19.1 Å². The summed E-state index contributed by atoms with van der Waals surface area (Å²) in [6.45, 7) is 3.12. The molecule has 0 aliphatic rings. The van der Waals surface area contributed by atoms with Gasteiger partial charge in [-0.1, -0.05) is 36.1 Å². The molecule has 0 amide bonds. The lowest BCUT2D eigenvalue weighted by molar-refractivity contribution is 0.199. The van der Waals surface area contributed by atoms with E-state index in [1.54, 1.807) is 24.3 Å². The van der Waals surface area contributed by atoms with Crippen LogP contribution in [-0.2, 0) is 4.74 Å². The van der Waals surface area contributed by atoms with Gasteiger partial charge < -0.3 is 9.47 Å². The third kappa shape index (κ3) is 5.16. The molecule has 4 nitrogen and oxygen atoms in total. The molecular weight excluding hydrogens is 228 g/mol. The molecule has 0 saturated carbocycles. The van der Waals surface area contributed by atoms with Gasteiger partial charge in [0.1, 0.15) is 13.2 Å². The standard InChI is InChI=1S/C14H15N2O2/c1-2-3-10-17-11-6-7-12-18-14-9-5-4-8-13(14)16-15/h2-5,8-9H,10-12H2,1H3/q+1/b3-2+. The molecule has 0 N–H and O–H groups in total. The molecule has 0 aliphatic carbocycles. The predicted molar refractivity (Wildman–Crippen MR) is 70.1 cm³/mol. The number of hydrogen-bond acceptors (Lipinski definition) is 3. The maximum Gasteiger partial charge on any atom is 0.426 e. The van der Waals surface area contributed by atoms with Crippen LogP contribution in [0.25, 0.3) is 4.98 Å². The molecule has 1 rings (SSSR count). The van der Waals surface area contributed by atoms with Crippen LogP contribution in [0.3, 0.4) is 0 Å². The smallest absolute Gasteiger partial charge is 0.426 e. The third-order valence-corrected chi connectivity index (χ3v) is 2.02. The first-order valence-electron chi connectivity index (χ1n) is 5.60. The molecule has 0 heterocycles. The maximum absolute atomic E-state index is 8.72. The quantitative estimate of drug-likeness (QED) is 0.345. The first-order valence-corrected chi connectivity index (χ1v) is 5.60. The lowest BCUT2D eigenvalue weighted by atomic mass is 10.3. The molecule has 0 aromatic heterocycles. The van der Waals surface area contributed by atoms with Crippen LogP contribution in [0.2, 0.25) is 0 Å². The molecule has 18 heavy (non-hydrogen) atoms. The molecule has 1 aromatic carbocycles. The van der Waals surface area contributed by atoms with E-state index in [2.05, 4.69) is 16.8 Å². The second-order valence-electron chi connectivity index (χ2n) is 3.29. The van der Waals surface area contributed by atoms with Gasteiger partial charge >= 0.3 is 5.69 Å². The summed E-state index contributed by atoms with van der Waals surface area (Å²) in [7, 11) is 0. The van der Waals surface area contributed by atoms with Crippen LogP contribution in [0.15, 0.2) is 36.4 Å². The highest BCUT2D eigenvalue weighted by atomic mass is 16.5. The summed E-state index contributed by atoms with van der Waals surface area (Å²) in [6.07, 6.45) is 3.84. The number of diazo groups is 1. The van der Waals surface area contributed by atoms with Crippen LogP contribution >= 0.6 is 0 Å². The minimum Gasteiger partial charge on any atom is -0.473 e. The van der Waals surface area contributed by atoms with Gasteiger partial charge in [0.15, 0.2) is 4.98 Å². The van der Waals surface area contributed by atoms with Crippen molar-refractivity contribution in [3.63, 3.8) is 0 Å². The summed E-state index contributed by atoms with van der Waals surface area (Å²) < 4.78 is 10.6. The minimum absolute atomic E-state index is 0.236. The summed E-state index contributed by atoms with van der Waals surface area (Å²) in [4.78, 5) is 3.11. The zero-order chi connectivity index (χ0) is 13.1. The van der Waals surface area contributed by atoms with Crippen molar-refractivity contribution in [1.82, 2.24) is 0 Å². The molecule has 4 heteroatoms. The fraction of sp³-hybridized carbons (Fsp3) is 0.286. The van der Waals surface area contributed by atoms with Gasteiger partial charge in [-0.15, -0.1) is 0 Å². The molecule has 0 aliphatic heterocycles. The van der Waals surface area contributed by atoms with Crippen LogP contribution in [0.4, 0.5) is 5.69 Å². The average molecular weight is 243 g/mol. The van der Waals surface area contributed by atoms with Gasteiger partial charge in [0.05, 0.1) is 6.61 Å². The second kappa shape index (κ2) is 8.81. The van der Waals surface area contributed by atoms with Crippen molar-refractivity contribution >= 4 is 5.69 Å². The Hall–Kier alpha value is -2.30. The fourth-order valence-corrected chi connectivity index (χ4v) is 1.15. The van der Waals surface area contributed by atoms with Gasteiger partial charge in [-0.3, -0.25) is 0 Å². The summed E-state index contributed by atoms with van der Waals surface area (Å²) in [5.74, 6) is 6.15. The van der Waals surface area contributed by atoms with Crippen molar-refractivity contribution in [3.05, 3.63) is 41.4 Å². The Morgan fingerprint density at radius 2 is 2.06 bits per heavy atom. The van der Waals surface area contributed by atoms with Crippen LogP contribution < -0.4 is 4.74 Å². The number of para-hydroxylation sites is 1. The Balaban J connectivity index is 2.29. The maximum atomic E-state index is 8.72. The molecule has 0 unspecified atom stereocenters. The Bertz CT molecular complexity index is 492. The Labute approximate surface area is 107 Å². The molecule has 0 fully saturated rings. The van der Waals surface area contributed by atoms with E-state index >= 15 is 0 Å². The summed E-state index contributed by atoms with van der Waals surface area (Å²) in [6, 6.07) is 6.95. The van der Waals surface area contributed by atoms with Crippen LogP contribution in [-0.4, -0.2) is 19.8 Å². The highest BCUT2D eigenvalue weighted by Gasteiger charge is 2.12. The van der Waals surface area contributed by atoms with Crippen LogP contribution in [0, 0.1) is 17.2 Å². The van der Waals surface area contributed by atoms with E-state index < -0.39 is 0 Å². The van der Waals surface area contributed by atoms with E-state index in [4.69, 9.17) is 14.9 Å². The van der Waals surface area contributed by atoms with Crippen molar-refractivity contribution in [2.24, 2.45) is 0 Å². The van der Waals surface area contributed by atoms with Crippen molar-refractivity contribution < 1.29 is 9.47 Å². The topological polar surface area (TPSA) is 46.6 Å². The minimum atomic E-state index is 0.236.